The molecule has 0 unspecified atom stereocenters. The first-order valence-corrected chi connectivity index (χ1v) is 7.18. The highest BCUT2D eigenvalue weighted by Gasteiger charge is 2.17. The van der Waals surface area contributed by atoms with Crippen LogP contribution in [0.5, 0.6) is 0 Å². The molecule has 3 N–H and O–H groups in total. The molecule has 1 aromatic heterocycles. The van der Waals surface area contributed by atoms with Crippen molar-refractivity contribution in [2.24, 2.45) is 5.84 Å². The predicted octanol–water partition coefficient (Wildman–Crippen LogP) is 2.82. The first kappa shape index (κ1) is 14.0. The Kier molecular flexibility index (Phi) is 4.90. The molecule has 0 bridgehead atoms. The largest absolute Gasteiger partial charge is 0.377 e. The van der Waals surface area contributed by atoms with Crippen LogP contribution in [-0.4, -0.2) is 12.5 Å². The number of hydrazine groups is 1. The number of carbonyl (C=O) groups excluding carboxylic acids is 1. The number of unbranched alkanes of at least 4 members (excludes halogenated alkanes) is 1. The second kappa shape index (κ2) is 6.65. The molecule has 0 radical (unpaired) electrons. The number of nitrogens with one attached hydrogen (secondary N) is 1. The molecule has 0 spiro atoms. The molecule has 19 heavy (non-hydrogen) atoms. The van der Waals surface area contributed by atoms with Crippen molar-refractivity contribution in [2.75, 3.05) is 6.61 Å². The third-order valence-corrected chi connectivity index (χ3v) is 4.14. The lowest BCUT2D eigenvalue weighted by atomic mass is 10.1. The molecule has 0 aliphatic rings. The number of carbonyl (C=O) groups is 1. The Labute approximate surface area is 116 Å². The Bertz CT molecular complexity index is 566. The maximum Gasteiger partial charge on any atom is 0.275 e. The Morgan fingerprint density at radius 2 is 2.21 bits per heavy atom. The number of hydrogen-bond acceptors (Lipinski definition) is 4. The van der Waals surface area contributed by atoms with Crippen LogP contribution in [0.25, 0.3) is 10.1 Å². The van der Waals surface area contributed by atoms with Crippen molar-refractivity contribution in [1.82, 2.24) is 5.43 Å². The monoisotopic (exact) mass is 278 g/mol. The van der Waals surface area contributed by atoms with Crippen LogP contribution >= 0.6 is 11.3 Å². The zero-order valence-electron chi connectivity index (χ0n) is 10.9. The van der Waals surface area contributed by atoms with Crippen LogP contribution < -0.4 is 11.3 Å². The van der Waals surface area contributed by atoms with Gasteiger partial charge in [-0.15, -0.1) is 11.3 Å². The minimum Gasteiger partial charge on any atom is -0.377 e. The van der Waals surface area contributed by atoms with Crippen molar-refractivity contribution in [1.29, 1.82) is 0 Å². The highest BCUT2D eigenvalue weighted by Crippen LogP contribution is 2.31. The summed E-state index contributed by atoms with van der Waals surface area (Å²) in [6, 6.07) is 7.94. The fourth-order valence-corrected chi connectivity index (χ4v) is 3.02. The molecule has 102 valence electrons. The first-order chi connectivity index (χ1) is 9.27. The molecule has 1 amide bonds. The Balaban J connectivity index is 2.29. The second-order valence-electron chi connectivity index (χ2n) is 4.29. The van der Waals surface area contributed by atoms with E-state index in [-0.39, 0.29) is 5.91 Å². The molecule has 0 atom stereocenters. The zero-order valence-corrected chi connectivity index (χ0v) is 11.8. The van der Waals surface area contributed by atoms with Crippen molar-refractivity contribution in [3.05, 3.63) is 34.7 Å². The van der Waals surface area contributed by atoms with Crippen molar-refractivity contribution in [2.45, 2.75) is 26.4 Å². The number of hydrogen-bond donors (Lipinski definition) is 2. The van der Waals surface area contributed by atoms with Crippen LogP contribution in [0.2, 0.25) is 0 Å². The maximum atomic E-state index is 11.8. The van der Waals surface area contributed by atoms with Gasteiger partial charge in [0.25, 0.3) is 5.91 Å². The molecular weight excluding hydrogens is 260 g/mol. The summed E-state index contributed by atoms with van der Waals surface area (Å²) in [6.07, 6.45) is 2.13. The summed E-state index contributed by atoms with van der Waals surface area (Å²) in [4.78, 5) is 12.5. The first-order valence-electron chi connectivity index (χ1n) is 6.37. The smallest absolute Gasteiger partial charge is 0.275 e. The van der Waals surface area contributed by atoms with E-state index in [2.05, 4.69) is 12.3 Å². The molecule has 0 aliphatic heterocycles. The van der Waals surface area contributed by atoms with Gasteiger partial charge < -0.3 is 4.74 Å². The van der Waals surface area contributed by atoms with Gasteiger partial charge in [0.2, 0.25) is 0 Å². The summed E-state index contributed by atoms with van der Waals surface area (Å²) in [6.45, 7) is 3.29. The quantitative estimate of drug-likeness (QED) is 0.369. The number of fused-ring (bicyclic) bond motifs is 1. The molecule has 0 saturated carbocycles. The second-order valence-corrected chi connectivity index (χ2v) is 5.34. The summed E-state index contributed by atoms with van der Waals surface area (Å²) in [7, 11) is 0. The van der Waals surface area contributed by atoms with Crippen LogP contribution in [0.4, 0.5) is 0 Å². The third-order valence-electron chi connectivity index (χ3n) is 2.92. The van der Waals surface area contributed by atoms with Gasteiger partial charge in [0.05, 0.1) is 11.5 Å². The molecule has 2 rings (SSSR count). The normalized spacial score (nSPS) is 10.8. The molecule has 4 nitrogen and oxygen atoms in total. The van der Waals surface area contributed by atoms with Crippen molar-refractivity contribution in [3.63, 3.8) is 0 Å². The number of nitrogens with two attached hydrogens (primary N) is 1. The van der Waals surface area contributed by atoms with E-state index in [0.717, 1.165) is 28.5 Å². The number of ether oxygens (including phenoxy) is 1. The van der Waals surface area contributed by atoms with Gasteiger partial charge in [-0.1, -0.05) is 31.5 Å². The molecule has 2 aromatic rings. The van der Waals surface area contributed by atoms with Crippen molar-refractivity contribution < 1.29 is 9.53 Å². The minimum absolute atomic E-state index is 0.254. The summed E-state index contributed by atoms with van der Waals surface area (Å²) in [5, 5.41) is 1.07. The van der Waals surface area contributed by atoms with Crippen LogP contribution in [0.1, 0.15) is 35.0 Å². The van der Waals surface area contributed by atoms with Gasteiger partial charge in [-0.25, -0.2) is 5.84 Å². The lowest BCUT2D eigenvalue weighted by molar-refractivity contribution is 0.0944. The Morgan fingerprint density at radius 1 is 1.42 bits per heavy atom. The van der Waals surface area contributed by atoms with Crippen LogP contribution in [0.15, 0.2) is 24.3 Å². The van der Waals surface area contributed by atoms with Gasteiger partial charge in [-0.05, 0) is 17.9 Å². The highest BCUT2D eigenvalue weighted by atomic mass is 32.1. The van der Waals surface area contributed by atoms with E-state index in [4.69, 9.17) is 10.6 Å². The van der Waals surface area contributed by atoms with Crippen LogP contribution in [-0.2, 0) is 11.3 Å². The van der Waals surface area contributed by atoms with E-state index in [1.165, 1.54) is 11.3 Å². The number of thiophene rings is 1. The average molecular weight is 278 g/mol. The molecule has 0 fully saturated rings. The summed E-state index contributed by atoms with van der Waals surface area (Å²) < 4.78 is 6.73. The lowest BCUT2D eigenvalue weighted by Gasteiger charge is -2.05. The van der Waals surface area contributed by atoms with Gasteiger partial charge in [0.1, 0.15) is 0 Å². The Hall–Kier alpha value is -1.43. The van der Waals surface area contributed by atoms with E-state index in [1.54, 1.807) is 0 Å². The molecule has 1 heterocycles. The van der Waals surface area contributed by atoms with Gasteiger partial charge in [0.15, 0.2) is 0 Å². The molecular formula is C14H18N2O2S. The lowest BCUT2D eigenvalue weighted by Crippen LogP contribution is -2.30. The topological polar surface area (TPSA) is 64.3 Å². The Morgan fingerprint density at radius 3 is 2.95 bits per heavy atom. The maximum absolute atomic E-state index is 11.8. The number of nitrogen functional groups attached to an aromatic ring is 1. The fourth-order valence-electron chi connectivity index (χ4n) is 1.91. The molecule has 0 saturated heterocycles. The standard InChI is InChI=1S/C14H18N2O2S/c1-2-3-8-18-9-11-10-6-4-5-7-12(10)19-13(11)14(17)16-15/h4-7H,2-3,8-9,15H2,1H3,(H,16,17). The van der Waals surface area contributed by atoms with Crippen molar-refractivity contribution in [3.8, 4) is 0 Å². The van der Waals surface area contributed by atoms with E-state index in [9.17, 15) is 4.79 Å². The zero-order chi connectivity index (χ0) is 13.7. The number of benzene rings is 1. The average Bonchev–Trinajstić information content (AvgIpc) is 2.81. The third kappa shape index (κ3) is 3.12. The van der Waals surface area contributed by atoms with Crippen molar-refractivity contribution >= 4 is 27.3 Å². The molecule has 0 aliphatic carbocycles. The van der Waals surface area contributed by atoms with Gasteiger partial charge >= 0.3 is 0 Å². The summed E-state index contributed by atoms with van der Waals surface area (Å²) in [5.74, 6) is 4.98. The molecule has 1 aromatic carbocycles. The summed E-state index contributed by atoms with van der Waals surface area (Å²) >= 11 is 1.45. The van der Waals surface area contributed by atoms with Gasteiger partial charge in [-0.3, -0.25) is 10.2 Å². The van der Waals surface area contributed by atoms with E-state index < -0.39 is 0 Å². The number of rotatable bonds is 6. The van der Waals surface area contributed by atoms with E-state index in [0.29, 0.717) is 18.1 Å². The van der Waals surface area contributed by atoms with E-state index >= 15 is 0 Å². The predicted molar refractivity (Wildman–Crippen MR) is 78.0 cm³/mol. The summed E-state index contributed by atoms with van der Waals surface area (Å²) in [5.41, 5.74) is 3.13. The van der Waals surface area contributed by atoms with Crippen LogP contribution in [0, 0.1) is 0 Å². The van der Waals surface area contributed by atoms with E-state index in [1.807, 2.05) is 24.3 Å². The SMILES string of the molecule is CCCCOCc1c(C(=O)NN)sc2ccccc12. The minimum atomic E-state index is -0.254. The molecule has 5 heteroatoms. The van der Waals surface area contributed by atoms with Gasteiger partial charge in [-0.2, -0.15) is 0 Å². The number of amides is 1. The highest BCUT2D eigenvalue weighted by molar-refractivity contribution is 7.21. The van der Waals surface area contributed by atoms with Crippen LogP contribution in [0.3, 0.4) is 0 Å². The fraction of sp³-hybridized carbons (Fsp3) is 0.357. The van der Waals surface area contributed by atoms with Gasteiger partial charge in [0, 0.05) is 16.9 Å².